The topological polar surface area (TPSA) is 44.1 Å². The van der Waals surface area contributed by atoms with Crippen molar-refractivity contribution in [1.82, 2.24) is 9.78 Å². The van der Waals surface area contributed by atoms with Crippen LogP contribution in [0.15, 0.2) is 28.9 Å². The number of methoxy groups -OCH3 is 1. The molecule has 1 heterocycles. The molecule has 5 heteroatoms. The van der Waals surface area contributed by atoms with E-state index >= 15 is 0 Å². The van der Waals surface area contributed by atoms with E-state index in [-0.39, 0.29) is 5.97 Å². The summed E-state index contributed by atoms with van der Waals surface area (Å²) in [5, 5.41) is 5.29. The summed E-state index contributed by atoms with van der Waals surface area (Å²) in [7, 11) is 1.39. The van der Waals surface area contributed by atoms with Crippen LogP contribution in [0.5, 0.6) is 0 Å². The third-order valence-electron chi connectivity index (χ3n) is 2.36. The zero-order valence-corrected chi connectivity index (χ0v) is 10.4. The molecule has 0 amide bonds. The van der Waals surface area contributed by atoms with Crippen molar-refractivity contribution in [3.8, 4) is 0 Å². The van der Waals surface area contributed by atoms with Crippen LogP contribution in [-0.2, 0) is 16.1 Å². The number of hydrogen-bond acceptors (Lipinski definition) is 3. The Morgan fingerprint density at radius 1 is 1.56 bits per heavy atom. The van der Waals surface area contributed by atoms with Gasteiger partial charge in [-0.25, -0.2) is 0 Å². The number of fused-ring (bicyclic) bond motifs is 1. The van der Waals surface area contributed by atoms with Gasteiger partial charge in [-0.3, -0.25) is 9.48 Å². The van der Waals surface area contributed by atoms with Crippen LogP contribution in [0.2, 0.25) is 0 Å². The summed E-state index contributed by atoms with van der Waals surface area (Å²) in [6, 6.07) is 5.93. The number of hydrogen-bond donors (Lipinski definition) is 0. The molecule has 0 radical (unpaired) electrons. The van der Waals surface area contributed by atoms with E-state index < -0.39 is 0 Å². The molecule has 0 saturated heterocycles. The van der Waals surface area contributed by atoms with E-state index in [1.165, 1.54) is 7.11 Å². The van der Waals surface area contributed by atoms with Crippen molar-refractivity contribution in [2.45, 2.75) is 13.0 Å². The van der Waals surface area contributed by atoms with Crippen molar-refractivity contribution in [1.29, 1.82) is 0 Å². The number of rotatable bonds is 3. The van der Waals surface area contributed by atoms with Crippen LogP contribution in [0, 0.1) is 0 Å². The van der Waals surface area contributed by atoms with Gasteiger partial charge in [-0.05, 0) is 18.2 Å². The van der Waals surface area contributed by atoms with Crippen molar-refractivity contribution < 1.29 is 9.53 Å². The fraction of sp³-hybridized carbons (Fsp3) is 0.273. The van der Waals surface area contributed by atoms with Gasteiger partial charge in [0, 0.05) is 9.86 Å². The van der Waals surface area contributed by atoms with Crippen LogP contribution >= 0.6 is 15.9 Å². The van der Waals surface area contributed by atoms with Crippen LogP contribution < -0.4 is 0 Å². The van der Waals surface area contributed by atoms with Gasteiger partial charge in [-0.2, -0.15) is 5.10 Å². The number of esters is 1. The summed E-state index contributed by atoms with van der Waals surface area (Å²) in [5.74, 6) is -0.222. The lowest BCUT2D eigenvalue weighted by Gasteiger charge is -2.02. The van der Waals surface area contributed by atoms with Gasteiger partial charge in [0.05, 0.1) is 31.8 Å². The van der Waals surface area contributed by atoms with Gasteiger partial charge in [0.25, 0.3) is 0 Å². The summed E-state index contributed by atoms with van der Waals surface area (Å²) < 4.78 is 7.42. The average molecular weight is 283 g/mol. The van der Waals surface area contributed by atoms with Crippen molar-refractivity contribution in [3.05, 3.63) is 28.9 Å². The molecular formula is C11H11BrN2O2. The Bertz CT molecular complexity index is 522. The second-order valence-corrected chi connectivity index (χ2v) is 4.31. The Morgan fingerprint density at radius 3 is 3.12 bits per heavy atom. The van der Waals surface area contributed by atoms with Crippen molar-refractivity contribution in [2.75, 3.05) is 7.11 Å². The molecule has 0 fully saturated rings. The van der Waals surface area contributed by atoms with Crippen LogP contribution in [0.3, 0.4) is 0 Å². The summed E-state index contributed by atoms with van der Waals surface area (Å²) in [5.41, 5.74) is 1.02. The molecule has 0 atom stereocenters. The molecule has 2 aromatic rings. The largest absolute Gasteiger partial charge is 0.469 e. The maximum Gasteiger partial charge on any atom is 0.307 e. The van der Waals surface area contributed by atoms with E-state index in [9.17, 15) is 4.79 Å². The van der Waals surface area contributed by atoms with Gasteiger partial charge < -0.3 is 4.74 Å². The van der Waals surface area contributed by atoms with Gasteiger partial charge in [-0.15, -0.1) is 0 Å². The monoisotopic (exact) mass is 282 g/mol. The van der Waals surface area contributed by atoms with E-state index in [1.54, 1.807) is 10.9 Å². The second kappa shape index (κ2) is 4.65. The van der Waals surface area contributed by atoms with Gasteiger partial charge in [-0.1, -0.05) is 15.9 Å². The molecule has 0 saturated carbocycles. The highest BCUT2D eigenvalue weighted by atomic mass is 79.9. The molecule has 0 aliphatic heterocycles. The van der Waals surface area contributed by atoms with E-state index in [1.807, 2.05) is 18.2 Å². The molecule has 1 aromatic heterocycles. The van der Waals surface area contributed by atoms with Gasteiger partial charge >= 0.3 is 5.97 Å². The highest BCUT2D eigenvalue weighted by Crippen LogP contribution is 2.19. The predicted octanol–water partition coefficient (Wildman–Crippen LogP) is 2.36. The first-order valence-electron chi connectivity index (χ1n) is 4.88. The Balaban J connectivity index is 2.22. The Kier molecular flexibility index (Phi) is 3.24. The maximum absolute atomic E-state index is 11.0. The normalized spacial score (nSPS) is 10.6. The Hall–Kier alpha value is -1.36. The molecule has 0 aliphatic carbocycles. The molecule has 0 spiro atoms. The number of aromatic nitrogens is 2. The zero-order chi connectivity index (χ0) is 11.5. The number of aryl methyl sites for hydroxylation is 1. The highest BCUT2D eigenvalue weighted by Gasteiger charge is 2.05. The van der Waals surface area contributed by atoms with Gasteiger partial charge in [0.15, 0.2) is 0 Å². The predicted molar refractivity (Wildman–Crippen MR) is 64.1 cm³/mol. The standard InChI is InChI=1S/C11H11BrN2O2/c1-16-11(15)4-5-14-10-3-2-9(12)6-8(10)7-13-14/h2-3,6-7H,4-5H2,1H3. The smallest absolute Gasteiger partial charge is 0.307 e. The molecule has 84 valence electrons. The SMILES string of the molecule is COC(=O)CCn1ncc2cc(Br)ccc21. The number of benzene rings is 1. The first kappa shape index (κ1) is 11.1. The van der Waals surface area contributed by atoms with Gasteiger partial charge in [0.1, 0.15) is 0 Å². The van der Waals surface area contributed by atoms with Crippen LogP contribution in [0.1, 0.15) is 6.42 Å². The minimum atomic E-state index is -0.222. The van der Waals surface area contributed by atoms with E-state index in [2.05, 4.69) is 25.8 Å². The molecular weight excluding hydrogens is 272 g/mol. The van der Waals surface area contributed by atoms with E-state index in [4.69, 9.17) is 0 Å². The molecule has 0 aliphatic rings. The Morgan fingerprint density at radius 2 is 2.38 bits per heavy atom. The summed E-state index contributed by atoms with van der Waals surface area (Å²) in [4.78, 5) is 11.0. The number of carbonyl (C=O) groups excluding carboxylic acids is 1. The second-order valence-electron chi connectivity index (χ2n) is 3.40. The number of nitrogens with zero attached hydrogens (tertiary/aromatic N) is 2. The average Bonchev–Trinajstić information content (AvgIpc) is 2.68. The van der Waals surface area contributed by atoms with Gasteiger partial charge in [0.2, 0.25) is 0 Å². The fourth-order valence-corrected chi connectivity index (χ4v) is 1.91. The first-order valence-corrected chi connectivity index (χ1v) is 5.68. The van der Waals surface area contributed by atoms with E-state index in [0.717, 1.165) is 15.4 Å². The molecule has 1 aromatic carbocycles. The molecule has 16 heavy (non-hydrogen) atoms. The maximum atomic E-state index is 11.0. The number of carbonyl (C=O) groups is 1. The molecule has 0 unspecified atom stereocenters. The minimum Gasteiger partial charge on any atom is -0.469 e. The van der Waals surface area contributed by atoms with Crippen LogP contribution in [0.25, 0.3) is 10.9 Å². The summed E-state index contributed by atoms with van der Waals surface area (Å²) in [6.07, 6.45) is 2.13. The Labute approximate surface area is 101 Å². The zero-order valence-electron chi connectivity index (χ0n) is 8.81. The van der Waals surface area contributed by atoms with Crippen molar-refractivity contribution in [2.24, 2.45) is 0 Å². The number of halogens is 1. The highest BCUT2D eigenvalue weighted by molar-refractivity contribution is 9.10. The quantitative estimate of drug-likeness (QED) is 0.812. The van der Waals surface area contributed by atoms with Crippen LogP contribution in [-0.4, -0.2) is 22.9 Å². The molecule has 2 rings (SSSR count). The number of ether oxygens (including phenoxy) is 1. The lowest BCUT2D eigenvalue weighted by Crippen LogP contribution is -2.07. The minimum absolute atomic E-state index is 0.222. The third-order valence-corrected chi connectivity index (χ3v) is 2.85. The summed E-state index contributed by atoms with van der Waals surface area (Å²) in [6.45, 7) is 0.539. The lowest BCUT2D eigenvalue weighted by molar-refractivity contribution is -0.140. The summed E-state index contributed by atoms with van der Waals surface area (Å²) >= 11 is 3.40. The third kappa shape index (κ3) is 2.24. The van der Waals surface area contributed by atoms with Crippen LogP contribution in [0.4, 0.5) is 0 Å². The fourth-order valence-electron chi connectivity index (χ4n) is 1.54. The molecule has 0 N–H and O–H groups in total. The molecule has 4 nitrogen and oxygen atoms in total. The first-order chi connectivity index (χ1) is 7.70. The lowest BCUT2D eigenvalue weighted by atomic mass is 10.2. The van der Waals surface area contributed by atoms with Crippen molar-refractivity contribution in [3.63, 3.8) is 0 Å². The van der Waals surface area contributed by atoms with E-state index in [0.29, 0.717) is 13.0 Å². The molecule has 0 bridgehead atoms. The van der Waals surface area contributed by atoms with Crippen molar-refractivity contribution >= 4 is 32.8 Å².